The van der Waals surface area contributed by atoms with Crippen molar-refractivity contribution in [3.05, 3.63) is 35.9 Å². The highest BCUT2D eigenvalue weighted by atomic mass is 16.2. The molecule has 0 radical (unpaired) electrons. The van der Waals surface area contributed by atoms with E-state index < -0.39 is 0 Å². The van der Waals surface area contributed by atoms with Crippen LogP contribution in [0.2, 0.25) is 0 Å². The van der Waals surface area contributed by atoms with Gasteiger partial charge in [-0.25, -0.2) is 0 Å². The highest BCUT2D eigenvalue weighted by Crippen LogP contribution is 2.26. The van der Waals surface area contributed by atoms with E-state index in [1.165, 1.54) is 12.0 Å². The first kappa shape index (κ1) is 18.0. The molecule has 1 aromatic carbocycles. The largest absolute Gasteiger partial charge is 0.343 e. The Morgan fingerprint density at radius 2 is 1.72 bits per heavy atom. The van der Waals surface area contributed by atoms with E-state index in [0.717, 1.165) is 58.3 Å². The Kier molecular flexibility index (Phi) is 6.11. The van der Waals surface area contributed by atoms with Crippen LogP contribution in [0.5, 0.6) is 0 Å². The van der Waals surface area contributed by atoms with Crippen molar-refractivity contribution >= 4 is 11.8 Å². The number of carbonyl (C=O) groups is 2. The minimum atomic E-state index is 0.114. The van der Waals surface area contributed by atoms with Gasteiger partial charge in [0.05, 0.1) is 0 Å². The maximum Gasteiger partial charge on any atom is 0.225 e. The van der Waals surface area contributed by atoms with Gasteiger partial charge in [0.25, 0.3) is 0 Å². The van der Waals surface area contributed by atoms with Gasteiger partial charge in [-0.1, -0.05) is 30.3 Å². The normalized spacial score (nSPS) is 22.0. The third-order valence-electron chi connectivity index (χ3n) is 5.80. The maximum absolute atomic E-state index is 12.9. The first-order valence-electron chi connectivity index (χ1n) is 9.71. The zero-order chi connectivity index (χ0) is 17.6. The van der Waals surface area contributed by atoms with Crippen LogP contribution in [-0.4, -0.2) is 47.8 Å². The van der Waals surface area contributed by atoms with Gasteiger partial charge in [0.2, 0.25) is 11.8 Å². The standard InChI is InChI=1S/C21H30N2O2/c1-17(24)22-14-11-20(12-15-22)21(25)23-13-5-8-19(16-23)10-9-18-6-3-2-4-7-18/h2-4,6-7,19-20H,5,8-16H2,1H3/t19-/m1/s1. The first-order valence-corrected chi connectivity index (χ1v) is 9.71. The van der Waals surface area contributed by atoms with Gasteiger partial charge in [-0.2, -0.15) is 0 Å². The number of carbonyl (C=O) groups excluding carboxylic acids is 2. The molecule has 2 fully saturated rings. The van der Waals surface area contributed by atoms with Crippen molar-refractivity contribution in [1.29, 1.82) is 0 Å². The lowest BCUT2D eigenvalue weighted by molar-refractivity contribution is -0.141. The summed E-state index contributed by atoms with van der Waals surface area (Å²) in [6.07, 6.45) is 6.27. The van der Waals surface area contributed by atoms with Gasteiger partial charge < -0.3 is 9.80 Å². The molecule has 0 aliphatic carbocycles. The van der Waals surface area contributed by atoms with Crippen molar-refractivity contribution in [3.8, 4) is 0 Å². The Bertz CT molecular complexity index is 579. The molecule has 136 valence electrons. The van der Waals surface area contributed by atoms with Gasteiger partial charge in [-0.05, 0) is 50.0 Å². The van der Waals surface area contributed by atoms with Crippen molar-refractivity contribution in [2.75, 3.05) is 26.2 Å². The smallest absolute Gasteiger partial charge is 0.225 e. The molecular weight excluding hydrogens is 312 g/mol. The summed E-state index contributed by atoms with van der Waals surface area (Å²) in [5.74, 6) is 1.19. The van der Waals surface area contributed by atoms with Gasteiger partial charge >= 0.3 is 0 Å². The predicted molar refractivity (Wildman–Crippen MR) is 99.0 cm³/mol. The number of aryl methyl sites for hydroxylation is 1. The van der Waals surface area contributed by atoms with Crippen LogP contribution in [0.15, 0.2) is 30.3 Å². The monoisotopic (exact) mass is 342 g/mol. The zero-order valence-electron chi connectivity index (χ0n) is 15.3. The third-order valence-corrected chi connectivity index (χ3v) is 5.80. The number of rotatable bonds is 4. The Morgan fingerprint density at radius 3 is 2.40 bits per heavy atom. The number of nitrogens with zero attached hydrogens (tertiary/aromatic N) is 2. The average molecular weight is 342 g/mol. The maximum atomic E-state index is 12.9. The first-order chi connectivity index (χ1) is 12.1. The highest BCUT2D eigenvalue weighted by molar-refractivity contribution is 5.79. The molecule has 2 aliphatic heterocycles. The summed E-state index contributed by atoms with van der Waals surface area (Å²) in [7, 11) is 0. The summed E-state index contributed by atoms with van der Waals surface area (Å²) in [6.45, 7) is 4.91. The molecule has 1 atom stereocenters. The molecular formula is C21H30N2O2. The predicted octanol–water partition coefficient (Wildman–Crippen LogP) is 3.12. The molecule has 2 saturated heterocycles. The van der Waals surface area contributed by atoms with Crippen LogP contribution < -0.4 is 0 Å². The third kappa shape index (κ3) is 4.83. The van der Waals surface area contributed by atoms with E-state index in [2.05, 4.69) is 35.2 Å². The van der Waals surface area contributed by atoms with E-state index in [1.807, 2.05) is 4.90 Å². The Balaban J connectivity index is 1.47. The zero-order valence-corrected chi connectivity index (χ0v) is 15.3. The Morgan fingerprint density at radius 1 is 1.00 bits per heavy atom. The second kappa shape index (κ2) is 8.50. The lowest BCUT2D eigenvalue weighted by Crippen LogP contribution is -2.47. The van der Waals surface area contributed by atoms with Crippen LogP contribution in [0.3, 0.4) is 0 Å². The van der Waals surface area contributed by atoms with Gasteiger partial charge in [0, 0.05) is 39.0 Å². The van der Waals surface area contributed by atoms with Crippen LogP contribution in [-0.2, 0) is 16.0 Å². The van der Waals surface area contributed by atoms with Crippen LogP contribution in [0.4, 0.5) is 0 Å². The molecule has 4 heteroatoms. The van der Waals surface area contributed by atoms with E-state index in [9.17, 15) is 9.59 Å². The number of benzene rings is 1. The van der Waals surface area contributed by atoms with Crippen molar-refractivity contribution in [3.63, 3.8) is 0 Å². The number of hydrogen-bond donors (Lipinski definition) is 0. The fourth-order valence-electron chi connectivity index (χ4n) is 4.22. The molecule has 2 aliphatic rings. The van der Waals surface area contributed by atoms with Crippen molar-refractivity contribution in [1.82, 2.24) is 9.80 Å². The Labute approximate surface area is 151 Å². The minimum Gasteiger partial charge on any atom is -0.343 e. The molecule has 0 saturated carbocycles. The van der Waals surface area contributed by atoms with E-state index in [-0.39, 0.29) is 11.8 Å². The topological polar surface area (TPSA) is 40.6 Å². The van der Waals surface area contributed by atoms with Crippen LogP contribution in [0.1, 0.15) is 44.6 Å². The lowest BCUT2D eigenvalue weighted by atomic mass is 9.89. The second-order valence-corrected chi connectivity index (χ2v) is 7.60. The van der Waals surface area contributed by atoms with Crippen molar-refractivity contribution in [2.45, 2.75) is 45.4 Å². The fraction of sp³-hybridized carbons (Fsp3) is 0.619. The quantitative estimate of drug-likeness (QED) is 0.843. The average Bonchev–Trinajstić information content (AvgIpc) is 2.67. The van der Waals surface area contributed by atoms with Crippen LogP contribution >= 0.6 is 0 Å². The second-order valence-electron chi connectivity index (χ2n) is 7.60. The van der Waals surface area contributed by atoms with Crippen LogP contribution in [0.25, 0.3) is 0 Å². The van der Waals surface area contributed by atoms with Gasteiger partial charge in [-0.3, -0.25) is 9.59 Å². The SMILES string of the molecule is CC(=O)N1CCC(C(=O)N2CCC[C@H](CCc3ccccc3)C2)CC1. The summed E-state index contributed by atoms with van der Waals surface area (Å²) >= 11 is 0. The van der Waals surface area contributed by atoms with Gasteiger partial charge in [0.15, 0.2) is 0 Å². The van der Waals surface area contributed by atoms with Crippen molar-refractivity contribution < 1.29 is 9.59 Å². The summed E-state index contributed by atoms with van der Waals surface area (Å²) in [5, 5.41) is 0. The van der Waals surface area contributed by atoms with E-state index in [4.69, 9.17) is 0 Å². The highest BCUT2D eigenvalue weighted by Gasteiger charge is 2.31. The van der Waals surface area contributed by atoms with E-state index in [1.54, 1.807) is 6.92 Å². The fourth-order valence-corrected chi connectivity index (χ4v) is 4.22. The minimum absolute atomic E-state index is 0.114. The summed E-state index contributed by atoms with van der Waals surface area (Å²) in [5.41, 5.74) is 1.39. The van der Waals surface area contributed by atoms with Crippen LogP contribution in [0, 0.1) is 11.8 Å². The summed E-state index contributed by atoms with van der Waals surface area (Å²) in [6, 6.07) is 10.6. The summed E-state index contributed by atoms with van der Waals surface area (Å²) in [4.78, 5) is 28.3. The van der Waals surface area contributed by atoms with Gasteiger partial charge in [0.1, 0.15) is 0 Å². The molecule has 0 bridgehead atoms. The molecule has 4 nitrogen and oxygen atoms in total. The lowest BCUT2D eigenvalue weighted by Gasteiger charge is -2.37. The van der Waals surface area contributed by atoms with Gasteiger partial charge in [-0.15, -0.1) is 0 Å². The number of amides is 2. The number of piperidine rings is 2. The molecule has 0 unspecified atom stereocenters. The number of likely N-dealkylation sites (tertiary alicyclic amines) is 2. The summed E-state index contributed by atoms with van der Waals surface area (Å²) < 4.78 is 0. The molecule has 3 rings (SSSR count). The molecule has 0 N–H and O–H groups in total. The van der Waals surface area contributed by atoms with E-state index in [0.29, 0.717) is 11.8 Å². The molecule has 2 heterocycles. The molecule has 0 spiro atoms. The molecule has 2 amide bonds. The molecule has 25 heavy (non-hydrogen) atoms. The molecule has 0 aromatic heterocycles. The Hall–Kier alpha value is -1.84. The van der Waals surface area contributed by atoms with Crippen molar-refractivity contribution in [2.24, 2.45) is 11.8 Å². The number of hydrogen-bond acceptors (Lipinski definition) is 2. The molecule has 1 aromatic rings. The van der Waals surface area contributed by atoms with E-state index >= 15 is 0 Å².